The molecule has 11 nitrogen and oxygen atoms in total. The summed E-state index contributed by atoms with van der Waals surface area (Å²) in [5, 5.41) is 5.30. The Morgan fingerprint density at radius 3 is 2.23 bits per heavy atom. The molecular formula is C28H44N4O7. The fraction of sp³-hybridized carbons (Fsp3) is 0.607. The van der Waals surface area contributed by atoms with Crippen molar-refractivity contribution in [2.75, 3.05) is 19.7 Å². The SMILES string of the molecule is CCCCCN(C(=O)C(CCC(N)=O)NC(=O)OC(C)(C)C)C(C(=O)NCCC(=O)OCC)c1ccccc1. The van der Waals surface area contributed by atoms with Crippen LogP contribution < -0.4 is 16.4 Å². The molecule has 0 radical (unpaired) electrons. The molecule has 2 unspecified atom stereocenters. The van der Waals surface area contributed by atoms with E-state index in [0.717, 1.165) is 12.8 Å². The Hall–Kier alpha value is -3.63. The Labute approximate surface area is 231 Å². The van der Waals surface area contributed by atoms with Gasteiger partial charge in [0.25, 0.3) is 0 Å². The van der Waals surface area contributed by atoms with Crippen LogP contribution in [0, 0.1) is 0 Å². The average molecular weight is 549 g/mol. The maximum absolute atomic E-state index is 14.0. The first-order chi connectivity index (χ1) is 18.4. The molecule has 0 heterocycles. The van der Waals surface area contributed by atoms with Crippen molar-refractivity contribution in [2.45, 2.75) is 90.8 Å². The molecule has 1 aromatic carbocycles. The second-order valence-electron chi connectivity index (χ2n) is 10.1. The minimum Gasteiger partial charge on any atom is -0.466 e. The van der Waals surface area contributed by atoms with Crippen LogP contribution in [-0.4, -0.2) is 66.0 Å². The highest BCUT2D eigenvalue weighted by atomic mass is 16.6. The van der Waals surface area contributed by atoms with Crippen molar-refractivity contribution in [1.82, 2.24) is 15.5 Å². The van der Waals surface area contributed by atoms with Crippen LogP contribution in [0.25, 0.3) is 0 Å². The molecule has 218 valence electrons. The number of primary amides is 1. The van der Waals surface area contributed by atoms with E-state index in [1.54, 1.807) is 58.0 Å². The number of hydrogen-bond donors (Lipinski definition) is 3. The molecule has 11 heteroatoms. The monoisotopic (exact) mass is 548 g/mol. The molecular weight excluding hydrogens is 504 g/mol. The van der Waals surface area contributed by atoms with Crippen LogP contribution in [0.3, 0.4) is 0 Å². The van der Waals surface area contributed by atoms with Crippen LogP contribution >= 0.6 is 0 Å². The largest absolute Gasteiger partial charge is 0.466 e. The maximum Gasteiger partial charge on any atom is 0.408 e. The number of benzene rings is 1. The van der Waals surface area contributed by atoms with Crippen LogP contribution in [0.4, 0.5) is 4.79 Å². The minimum absolute atomic E-state index is 0.0215. The van der Waals surface area contributed by atoms with E-state index in [4.69, 9.17) is 15.2 Å². The Kier molecular flexibility index (Phi) is 14.6. The molecule has 0 fully saturated rings. The quantitative estimate of drug-likeness (QED) is 0.212. The number of carbonyl (C=O) groups is 5. The molecule has 0 saturated heterocycles. The van der Waals surface area contributed by atoms with Gasteiger partial charge in [-0.3, -0.25) is 19.2 Å². The average Bonchev–Trinajstić information content (AvgIpc) is 2.85. The number of amides is 4. The van der Waals surface area contributed by atoms with Crippen LogP contribution in [0.15, 0.2) is 30.3 Å². The third kappa shape index (κ3) is 13.1. The number of nitrogens with two attached hydrogens (primary N) is 1. The highest BCUT2D eigenvalue weighted by Crippen LogP contribution is 2.24. The lowest BCUT2D eigenvalue weighted by molar-refractivity contribution is -0.144. The fourth-order valence-electron chi connectivity index (χ4n) is 3.82. The lowest BCUT2D eigenvalue weighted by atomic mass is 10.0. The van der Waals surface area contributed by atoms with E-state index in [9.17, 15) is 24.0 Å². The molecule has 4 amide bonds. The Bertz CT molecular complexity index is 947. The summed E-state index contributed by atoms with van der Waals surface area (Å²) < 4.78 is 10.3. The number of nitrogens with zero attached hydrogens (tertiary/aromatic N) is 1. The molecule has 1 aromatic rings. The summed E-state index contributed by atoms with van der Waals surface area (Å²) in [5.74, 6) is -2.11. The normalized spacial score (nSPS) is 12.5. The molecule has 39 heavy (non-hydrogen) atoms. The number of ether oxygens (including phenoxy) is 2. The summed E-state index contributed by atoms with van der Waals surface area (Å²) >= 11 is 0. The standard InChI is InChI=1S/C28H44N4O7/c1-6-8-12-19-32(26(36)21(15-16-22(29)33)31-27(37)39-28(3,4)5)24(20-13-10-9-11-14-20)25(35)30-18-17-23(34)38-7-2/h9-11,13-14,21,24H,6-8,12,15-19H2,1-5H3,(H2,29,33)(H,30,35)(H,31,37). The summed E-state index contributed by atoms with van der Waals surface area (Å²) in [6.07, 6.45) is 1.23. The van der Waals surface area contributed by atoms with E-state index in [1.165, 1.54) is 4.90 Å². The van der Waals surface area contributed by atoms with Gasteiger partial charge in [-0.25, -0.2) is 4.79 Å². The van der Waals surface area contributed by atoms with Gasteiger partial charge in [0.15, 0.2) is 0 Å². The van der Waals surface area contributed by atoms with Crippen molar-refractivity contribution < 1.29 is 33.4 Å². The van der Waals surface area contributed by atoms with Gasteiger partial charge in [0.1, 0.15) is 17.7 Å². The van der Waals surface area contributed by atoms with Crippen molar-refractivity contribution >= 4 is 29.8 Å². The lowest BCUT2D eigenvalue weighted by Gasteiger charge is -2.34. The molecule has 4 N–H and O–H groups in total. The van der Waals surface area contributed by atoms with Crippen LogP contribution in [0.2, 0.25) is 0 Å². The zero-order chi connectivity index (χ0) is 29.4. The van der Waals surface area contributed by atoms with Gasteiger partial charge in [0.2, 0.25) is 17.7 Å². The van der Waals surface area contributed by atoms with Gasteiger partial charge >= 0.3 is 12.1 Å². The van der Waals surface area contributed by atoms with Crippen molar-refractivity contribution in [2.24, 2.45) is 5.73 Å². The smallest absolute Gasteiger partial charge is 0.408 e. The van der Waals surface area contributed by atoms with E-state index in [0.29, 0.717) is 12.0 Å². The van der Waals surface area contributed by atoms with E-state index in [1.807, 2.05) is 6.92 Å². The van der Waals surface area contributed by atoms with Gasteiger partial charge in [-0.05, 0) is 46.1 Å². The zero-order valence-electron chi connectivity index (χ0n) is 23.8. The molecule has 0 aliphatic carbocycles. The van der Waals surface area contributed by atoms with Gasteiger partial charge in [-0.15, -0.1) is 0 Å². The maximum atomic E-state index is 14.0. The summed E-state index contributed by atoms with van der Waals surface area (Å²) in [7, 11) is 0. The Balaban J connectivity index is 3.37. The predicted octanol–water partition coefficient (Wildman–Crippen LogP) is 2.97. The fourth-order valence-corrected chi connectivity index (χ4v) is 3.82. The van der Waals surface area contributed by atoms with Crippen LogP contribution in [0.1, 0.15) is 84.7 Å². The Morgan fingerprint density at radius 1 is 1.00 bits per heavy atom. The lowest BCUT2D eigenvalue weighted by Crippen LogP contribution is -2.53. The number of alkyl carbamates (subject to hydrolysis) is 1. The number of rotatable bonds is 16. The van der Waals surface area contributed by atoms with E-state index < -0.39 is 47.5 Å². The number of nitrogens with one attached hydrogen (secondary N) is 2. The summed E-state index contributed by atoms with van der Waals surface area (Å²) in [6, 6.07) is 6.56. The molecule has 2 atom stereocenters. The summed E-state index contributed by atoms with van der Waals surface area (Å²) in [4.78, 5) is 64.8. The van der Waals surface area contributed by atoms with Crippen molar-refractivity contribution in [3.05, 3.63) is 35.9 Å². The Morgan fingerprint density at radius 2 is 1.67 bits per heavy atom. The zero-order valence-corrected chi connectivity index (χ0v) is 23.8. The van der Waals surface area contributed by atoms with Gasteiger partial charge in [-0.1, -0.05) is 50.1 Å². The highest BCUT2D eigenvalue weighted by Gasteiger charge is 2.36. The number of unbranched alkanes of at least 4 members (excludes halogenated alkanes) is 2. The molecule has 0 aliphatic heterocycles. The first-order valence-electron chi connectivity index (χ1n) is 13.5. The summed E-state index contributed by atoms with van der Waals surface area (Å²) in [6.45, 7) is 9.27. The van der Waals surface area contributed by atoms with Crippen molar-refractivity contribution in [3.63, 3.8) is 0 Å². The first kappa shape index (κ1) is 33.4. The number of esters is 1. The van der Waals surface area contributed by atoms with Crippen LogP contribution in [-0.2, 0) is 28.7 Å². The predicted molar refractivity (Wildman–Crippen MR) is 146 cm³/mol. The minimum atomic E-state index is -1.16. The van der Waals surface area contributed by atoms with E-state index in [-0.39, 0.29) is 39.0 Å². The number of carbonyl (C=O) groups excluding carboxylic acids is 5. The second-order valence-corrected chi connectivity index (χ2v) is 10.1. The number of hydrogen-bond acceptors (Lipinski definition) is 7. The van der Waals surface area contributed by atoms with Crippen molar-refractivity contribution in [3.8, 4) is 0 Å². The van der Waals surface area contributed by atoms with Crippen LogP contribution in [0.5, 0.6) is 0 Å². The van der Waals surface area contributed by atoms with E-state index >= 15 is 0 Å². The van der Waals surface area contributed by atoms with Gasteiger partial charge in [-0.2, -0.15) is 0 Å². The summed E-state index contributed by atoms with van der Waals surface area (Å²) in [5.41, 5.74) is 5.08. The highest BCUT2D eigenvalue weighted by molar-refractivity contribution is 5.92. The van der Waals surface area contributed by atoms with E-state index in [2.05, 4.69) is 10.6 Å². The third-order valence-corrected chi connectivity index (χ3v) is 5.56. The first-order valence-corrected chi connectivity index (χ1v) is 13.5. The van der Waals surface area contributed by atoms with Gasteiger partial charge in [0.05, 0.1) is 13.0 Å². The molecule has 0 spiro atoms. The molecule has 0 bridgehead atoms. The van der Waals surface area contributed by atoms with Crippen molar-refractivity contribution in [1.29, 1.82) is 0 Å². The molecule has 0 aromatic heterocycles. The molecule has 1 rings (SSSR count). The molecule has 0 saturated carbocycles. The van der Waals surface area contributed by atoms with Gasteiger partial charge < -0.3 is 30.7 Å². The van der Waals surface area contributed by atoms with Gasteiger partial charge in [0, 0.05) is 19.5 Å². The third-order valence-electron chi connectivity index (χ3n) is 5.56. The second kappa shape index (κ2) is 17.1. The topological polar surface area (TPSA) is 157 Å². The molecule has 0 aliphatic rings.